The Morgan fingerprint density at radius 3 is 2.65 bits per heavy atom. The van der Waals surface area contributed by atoms with Gasteiger partial charge in [0.1, 0.15) is 5.82 Å². The Labute approximate surface area is 99.0 Å². The second-order valence-corrected chi connectivity index (χ2v) is 3.56. The summed E-state index contributed by atoms with van der Waals surface area (Å²) in [6.45, 7) is 1.88. The van der Waals surface area contributed by atoms with Gasteiger partial charge in [-0.05, 0) is 37.3 Å². The molecule has 1 heterocycles. The molecule has 0 saturated heterocycles. The number of halogens is 1. The average molecular weight is 229 g/mol. The van der Waals surface area contributed by atoms with E-state index in [-0.39, 0.29) is 5.82 Å². The Bertz CT molecular complexity index is 506. The van der Waals surface area contributed by atoms with Gasteiger partial charge in [-0.1, -0.05) is 6.07 Å². The van der Waals surface area contributed by atoms with Crippen LogP contribution in [-0.4, -0.2) is 10.7 Å². The topological polar surface area (TPSA) is 37.3 Å². The van der Waals surface area contributed by atoms with Gasteiger partial charge in [0.15, 0.2) is 0 Å². The summed E-state index contributed by atoms with van der Waals surface area (Å²) in [6.07, 6.45) is 3.45. The van der Waals surface area contributed by atoms with E-state index in [0.717, 1.165) is 17.0 Å². The summed E-state index contributed by atoms with van der Waals surface area (Å²) >= 11 is 0. The molecule has 0 saturated carbocycles. The molecule has 0 unspecified atom stereocenters. The monoisotopic (exact) mass is 229 g/mol. The molecule has 1 N–H and O–H groups in total. The van der Waals surface area contributed by atoms with Crippen LogP contribution in [0.5, 0.6) is 0 Å². The maximum absolute atomic E-state index is 12.7. The third-order valence-corrected chi connectivity index (χ3v) is 2.28. The molecule has 2 rings (SSSR count). The first-order chi connectivity index (χ1) is 8.25. The number of hydrazone groups is 1. The highest BCUT2D eigenvalue weighted by Gasteiger charge is 1.96. The molecule has 0 amide bonds. The van der Waals surface area contributed by atoms with Crippen LogP contribution in [0.25, 0.3) is 0 Å². The first kappa shape index (κ1) is 11.3. The van der Waals surface area contributed by atoms with Crippen LogP contribution in [-0.2, 0) is 0 Å². The molecule has 17 heavy (non-hydrogen) atoms. The molecule has 4 heteroatoms. The van der Waals surface area contributed by atoms with E-state index in [1.807, 2.05) is 19.1 Å². The minimum atomic E-state index is -0.261. The minimum absolute atomic E-state index is 0.261. The number of benzene rings is 1. The Kier molecular flexibility index (Phi) is 3.45. The van der Waals surface area contributed by atoms with Gasteiger partial charge in [0.05, 0.1) is 11.4 Å². The molecular weight excluding hydrogens is 217 g/mol. The van der Waals surface area contributed by atoms with Crippen LogP contribution in [0.3, 0.4) is 0 Å². The van der Waals surface area contributed by atoms with E-state index in [4.69, 9.17) is 0 Å². The summed E-state index contributed by atoms with van der Waals surface area (Å²) < 4.78 is 12.7. The summed E-state index contributed by atoms with van der Waals surface area (Å²) in [7, 11) is 0. The largest absolute Gasteiger partial charge is 0.278 e. The Balaban J connectivity index is 2.08. The van der Waals surface area contributed by atoms with Crippen LogP contribution in [0.15, 0.2) is 53.9 Å². The molecule has 2 aromatic rings. The molecule has 0 aliphatic rings. The van der Waals surface area contributed by atoms with Crippen LogP contribution in [0, 0.1) is 5.82 Å². The summed E-state index contributed by atoms with van der Waals surface area (Å²) in [5.41, 5.74) is 5.38. The third kappa shape index (κ3) is 3.11. The molecule has 0 atom stereocenters. The lowest BCUT2D eigenvalue weighted by Crippen LogP contribution is -1.99. The number of hydrogen-bond acceptors (Lipinski definition) is 3. The Morgan fingerprint density at radius 2 is 2.00 bits per heavy atom. The van der Waals surface area contributed by atoms with Crippen molar-refractivity contribution in [2.75, 3.05) is 5.43 Å². The molecule has 3 nitrogen and oxygen atoms in total. The van der Waals surface area contributed by atoms with Gasteiger partial charge in [-0.15, -0.1) is 0 Å². The van der Waals surface area contributed by atoms with Crippen molar-refractivity contribution in [1.29, 1.82) is 0 Å². The Hall–Kier alpha value is -2.23. The highest BCUT2D eigenvalue weighted by Crippen LogP contribution is 2.08. The first-order valence-corrected chi connectivity index (χ1v) is 5.22. The van der Waals surface area contributed by atoms with Crippen molar-refractivity contribution in [2.45, 2.75) is 6.92 Å². The van der Waals surface area contributed by atoms with Crippen molar-refractivity contribution < 1.29 is 4.39 Å². The second kappa shape index (κ2) is 5.21. The number of hydrogen-bond donors (Lipinski definition) is 1. The maximum atomic E-state index is 12.7. The normalized spacial score (nSPS) is 11.3. The van der Waals surface area contributed by atoms with E-state index in [1.165, 1.54) is 12.1 Å². The fourth-order valence-corrected chi connectivity index (χ4v) is 1.31. The molecular formula is C13H12FN3. The quantitative estimate of drug-likeness (QED) is 0.648. The van der Waals surface area contributed by atoms with Crippen molar-refractivity contribution in [1.82, 2.24) is 4.98 Å². The molecule has 0 aliphatic carbocycles. The van der Waals surface area contributed by atoms with Gasteiger partial charge in [-0.3, -0.25) is 10.4 Å². The van der Waals surface area contributed by atoms with Crippen molar-refractivity contribution >= 4 is 11.4 Å². The van der Waals surface area contributed by atoms with Gasteiger partial charge in [0.2, 0.25) is 0 Å². The highest BCUT2D eigenvalue weighted by molar-refractivity contribution is 5.98. The predicted octanol–water partition coefficient (Wildman–Crippen LogP) is 3.06. The molecule has 0 spiro atoms. The van der Waals surface area contributed by atoms with Gasteiger partial charge in [0, 0.05) is 18.0 Å². The molecule has 0 aliphatic heterocycles. The van der Waals surface area contributed by atoms with E-state index >= 15 is 0 Å². The fraction of sp³-hybridized carbons (Fsp3) is 0.0769. The van der Waals surface area contributed by atoms with E-state index in [0.29, 0.717) is 0 Å². The van der Waals surface area contributed by atoms with Crippen molar-refractivity contribution in [2.24, 2.45) is 5.10 Å². The molecule has 86 valence electrons. The number of pyridine rings is 1. The summed E-state index contributed by atoms with van der Waals surface area (Å²) in [6, 6.07) is 9.82. The van der Waals surface area contributed by atoms with Gasteiger partial charge >= 0.3 is 0 Å². The molecule has 0 radical (unpaired) electrons. The summed E-state index contributed by atoms with van der Waals surface area (Å²) in [5, 5.41) is 4.20. The van der Waals surface area contributed by atoms with Gasteiger partial charge in [0.25, 0.3) is 0 Å². The van der Waals surface area contributed by atoms with Gasteiger partial charge in [-0.2, -0.15) is 5.10 Å². The zero-order chi connectivity index (χ0) is 12.1. The molecule has 1 aromatic heterocycles. The van der Waals surface area contributed by atoms with E-state index < -0.39 is 0 Å². The number of aromatic nitrogens is 1. The number of anilines is 1. The third-order valence-electron chi connectivity index (χ3n) is 2.28. The minimum Gasteiger partial charge on any atom is -0.278 e. The molecule has 1 aromatic carbocycles. The lowest BCUT2D eigenvalue weighted by Gasteiger charge is -2.02. The van der Waals surface area contributed by atoms with Crippen molar-refractivity contribution in [3.8, 4) is 0 Å². The summed E-state index contributed by atoms with van der Waals surface area (Å²) in [4.78, 5) is 4.01. The second-order valence-electron chi connectivity index (χ2n) is 3.56. The van der Waals surface area contributed by atoms with Gasteiger partial charge in [-0.25, -0.2) is 4.39 Å². The maximum Gasteiger partial charge on any atom is 0.123 e. The standard InChI is InChI=1S/C13H12FN3/c1-10(11-3-2-8-15-9-11)16-17-13-6-4-12(14)5-7-13/h2-9,17H,1H3/b16-10-. The van der Waals surface area contributed by atoms with Crippen LogP contribution in [0.2, 0.25) is 0 Å². The van der Waals surface area contributed by atoms with E-state index in [9.17, 15) is 4.39 Å². The molecule has 0 fully saturated rings. The first-order valence-electron chi connectivity index (χ1n) is 5.22. The predicted molar refractivity (Wildman–Crippen MR) is 66.5 cm³/mol. The van der Waals surface area contributed by atoms with Crippen molar-refractivity contribution in [3.63, 3.8) is 0 Å². The van der Waals surface area contributed by atoms with Crippen LogP contribution < -0.4 is 5.43 Å². The van der Waals surface area contributed by atoms with E-state index in [1.54, 1.807) is 24.5 Å². The number of nitrogens with zero attached hydrogens (tertiary/aromatic N) is 2. The lowest BCUT2D eigenvalue weighted by atomic mass is 10.2. The van der Waals surface area contributed by atoms with Crippen LogP contribution in [0.4, 0.5) is 10.1 Å². The average Bonchev–Trinajstić information content (AvgIpc) is 2.39. The highest BCUT2D eigenvalue weighted by atomic mass is 19.1. The SMILES string of the molecule is C/C(=N/Nc1ccc(F)cc1)c1cccnc1. The lowest BCUT2D eigenvalue weighted by molar-refractivity contribution is 0.628. The number of rotatable bonds is 3. The zero-order valence-corrected chi connectivity index (χ0v) is 9.39. The fourth-order valence-electron chi connectivity index (χ4n) is 1.31. The molecule has 0 bridgehead atoms. The van der Waals surface area contributed by atoms with Crippen LogP contribution in [0.1, 0.15) is 12.5 Å². The van der Waals surface area contributed by atoms with E-state index in [2.05, 4.69) is 15.5 Å². The van der Waals surface area contributed by atoms with Crippen LogP contribution >= 0.6 is 0 Å². The zero-order valence-electron chi connectivity index (χ0n) is 9.39. The summed E-state index contributed by atoms with van der Waals surface area (Å²) in [5.74, 6) is -0.261. The Morgan fingerprint density at radius 1 is 1.24 bits per heavy atom. The van der Waals surface area contributed by atoms with Gasteiger partial charge < -0.3 is 0 Å². The van der Waals surface area contributed by atoms with Crippen molar-refractivity contribution in [3.05, 3.63) is 60.2 Å². The smallest absolute Gasteiger partial charge is 0.123 e. The number of nitrogens with one attached hydrogen (secondary N) is 1.